The Balaban J connectivity index is 1.69. The van der Waals surface area contributed by atoms with Gasteiger partial charge in [-0.3, -0.25) is 0 Å². The Morgan fingerprint density at radius 1 is 0.957 bits per heavy atom. The van der Waals surface area contributed by atoms with E-state index in [1.54, 1.807) is 4.57 Å². The lowest BCUT2D eigenvalue weighted by molar-refractivity contribution is 0.141. The fraction of sp³-hybridized carbons (Fsp3) is 0.250. The third-order valence-electron chi connectivity index (χ3n) is 4.57. The van der Waals surface area contributed by atoms with Crippen molar-refractivity contribution in [3.05, 3.63) is 71.4 Å². The molecule has 0 bridgehead atoms. The molecule has 0 amide bonds. The molecule has 0 unspecified atom stereocenters. The van der Waals surface area contributed by atoms with Crippen LogP contribution in [0.2, 0.25) is 0 Å². The number of carbonyl (C=O) groups excluding carboxylic acids is 1. The molecule has 116 valence electrons. The maximum atomic E-state index is 12.7. The second-order valence-electron chi connectivity index (χ2n) is 6.03. The highest BCUT2D eigenvalue weighted by atomic mass is 16.5. The van der Waals surface area contributed by atoms with Gasteiger partial charge in [-0.25, -0.2) is 9.36 Å². The van der Waals surface area contributed by atoms with Crippen LogP contribution in [0, 0.1) is 0 Å². The number of hydrogen-bond donors (Lipinski definition) is 0. The maximum absolute atomic E-state index is 12.7. The zero-order valence-electron chi connectivity index (χ0n) is 13.0. The van der Waals surface area contributed by atoms with Gasteiger partial charge in [-0.05, 0) is 42.9 Å². The molecule has 0 N–H and O–H groups in total. The molecule has 2 aromatic carbocycles. The average molecular weight is 305 g/mol. The molecule has 0 radical (unpaired) electrons. The van der Waals surface area contributed by atoms with Crippen LogP contribution in [0.15, 0.2) is 54.6 Å². The first-order chi connectivity index (χ1) is 11.3. The summed E-state index contributed by atoms with van der Waals surface area (Å²) in [6.45, 7) is 0.307. The van der Waals surface area contributed by atoms with Gasteiger partial charge in [0.2, 0.25) is 0 Å². The van der Waals surface area contributed by atoms with Gasteiger partial charge in [-0.2, -0.15) is 0 Å². The highest BCUT2D eigenvalue weighted by Crippen LogP contribution is 2.32. The van der Waals surface area contributed by atoms with E-state index in [9.17, 15) is 4.79 Å². The van der Waals surface area contributed by atoms with E-state index in [0.717, 1.165) is 36.0 Å². The number of nitrogens with zero attached hydrogens (tertiary/aromatic N) is 1. The molecule has 1 aliphatic carbocycles. The van der Waals surface area contributed by atoms with E-state index in [4.69, 9.17) is 4.74 Å². The van der Waals surface area contributed by atoms with Crippen LogP contribution in [0.25, 0.3) is 10.9 Å². The topological polar surface area (TPSA) is 31.2 Å². The van der Waals surface area contributed by atoms with Crippen molar-refractivity contribution in [1.29, 1.82) is 0 Å². The van der Waals surface area contributed by atoms with Gasteiger partial charge in [-0.15, -0.1) is 0 Å². The zero-order chi connectivity index (χ0) is 15.6. The van der Waals surface area contributed by atoms with Crippen LogP contribution >= 0.6 is 0 Å². The summed E-state index contributed by atoms with van der Waals surface area (Å²) in [5.41, 5.74) is 4.43. The van der Waals surface area contributed by atoms with Crippen LogP contribution in [0.1, 0.15) is 29.7 Å². The lowest BCUT2D eigenvalue weighted by atomic mass is 9.96. The highest BCUT2D eigenvalue weighted by molar-refractivity contribution is 5.93. The summed E-state index contributed by atoms with van der Waals surface area (Å²) in [4.78, 5) is 12.7. The van der Waals surface area contributed by atoms with Gasteiger partial charge in [0, 0.05) is 11.1 Å². The Hall–Kier alpha value is -2.55. The molecular weight excluding hydrogens is 286 g/mol. The summed E-state index contributed by atoms with van der Waals surface area (Å²) in [5.74, 6) is 0. The molecule has 3 heteroatoms. The zero-order valence-corrected chi connectivity index (χ0v) is 13.0. The molecular formula is C20H19NO2. The van der Waals surface area contributed by atoms with Crippen molar-refractivity contribution in [3.63, 3.8) is 0 Å². The predicted octanol–water partition coefficient (Wildman–Crippen LogP) is 4.71. The Morgan fingerprint density at radius 2 is 1.70 bits per heavy atom. The van der Waals surface area contributed by atoms with Gasteiger partial charge in [0.1, 0.15) is 6.61 Å². The Kier molecular flexibility index (Phi) is 3.62. The molecule has 1 aromatic heterocycles. The molecule has 0 aliphatic heterocycles. The summed E-state index contributed by atoms with van der Waals surface area (Å²) in [6, 6.07) is 17.9. The van der Waals surface area contributed by atoms with Crippen LogP contribution < -0.4 is 0 Å². The first-order valence-corrected chi connectivity index (χ1v) is 8.17. The summed E-state index contributed by atoms with van der Waals surface area (Å²) in [7, 11) is 0. The maximum Gasteiger partial charge on any atom is 0.419 e. The summed E-state index contributed by atoms with van der Waals surface area (Å²) < 4.78 is 7.36. The number of ether oxygens (including phenoxy) is 1. The number of benzene rings is 2. The van der Waals surface area contributed by atoms with Crippen molar-refractivity contribution in [1.82, 2.24) is 4.57 Å². The highest BCUT2D eigenvalue weighted by Gasteiger charge is 2.23. The minimum Gasteiger partial charge on any atom is -0.444 e. The fourth-order valence-electron chi connectivity index (χ4n) is 3.49. The van der Waals surface area contributed by atoms with E-state index >= 15 is 0 Å². The largest absolute Gasteiger partial charge is 0.444 e. The lowest BCUT2D eigenvalue weighted by Crippen LogP contribution is -2.18. The normalized spacial score (nSPS) is 13.7. The van der Waals surface area contributed by atoms with E-state index < -0.39 is 0 Å². The molecule has 3 nitrogen and oxygen atoms in total. The molecule has 0 saturated carbocycles. The molecule has 3 aromatic rings. The third kappa shape index (κ3) is 2.52. The lowest BCUT2D eigenvalue weighted by Gasteiger charge is -2.15. The molecule has 1 heterocycles. The minimum absolute atomic E-state index is 0.270. The second kappa shape index (κ2) is 5.92. The van der Waals surface area contributed by atoms with E-state index in [1.807, 2.05) is 48.5 Å². The van der Waals surface area contributed by atoms with Crippen molar-refractivity contribution in [3.8, 4) is 0 Å². The van der Waals surface area contributed by atoms with Crippen molar-refractivity contribution < 1.29 is 9.53 Å². The Labute approximate surface area is 135 Å². The van der Waals surface area contributed by atoms with Gasteiger partial charge in [0.15, 0.2) is 0 Å². The van der Waals surface area contributed by atoms with Crippen molar-refractivity contribution in [2.45, 2.75) is 32.3 Å². The Morgan fingerprint density at radius 3 is 2.57 bits per heavy atom. The van der Waals surface area contributed by atoms with Crippen molar-refractivity contribution >= 4 is 17.0 Å². The number of aromatic nitrogens is 1. The number of para-hydroxylation sites is 1. The van der Waals surface area contributed by atoms with E-state index in [0.29, 0.717) is 6.61 Å². The van der Waals surface area contributed by atoms with Crippen LogP contribution in [-0.4, -0.2) is 10.7 Å². The minimum atomic E-state index is -0.270. The predicted molar refractivity (Wildman–Crippen MR) is 90.6 cm³/mol. The van der Waals surface area contributed by atoms with Gasteiger partial charge in [0.05, 0.1) is 5.52 Å². The van der Waals surface area contributed by atoms with E-state index in [2.05, 4.69) is 6.07 Å². The van der Waals surface area contributed by atoms with E-state index in [-0.39, 0.29) is 6.09 Å². The van der Waals surface area contributed by atoms with E-state index in [1.165, 1.54) is 17.4 Å². The molecule has 4 rings (SSSR count). The summed E-state index contributed by atoms with van der Waals surface area (Å²) in [5, 5.41) is 1.19. The quantitative estimate of drug-likeness (QED) is 0.687. The number of aryl methyl sites for hydroxylation is 1. The number of rotatable bonds is 2. The summed E-state index contributed by atoms with van der Waals surface area (Å²) in [6.07, 6.45) is 4.06. The Bertz CT molecular complexity index is 849. The number of fused-ring (bicyclic) bond motifs is 3. The molecule has 0 saturated heterocycles. The first kappa shape index (κ1) is 14.1. The third-order valence-corrected chi connectivity index (χ3v) is 4.57. The van der Waals surface area contributed by atoms with Crippen LogP contribution in [0.5, 0.6) is 0 Å². The molecule has 0 fully saturated rings. The molecule has 23 heavy (non-hydrogen) atoms. The summed E-state index contributed by atoms with van der Waals surface area (Å²) >= 11 is 0. The van der Waals surface area contributed by atoms with Gasteiger partial charge >= 0.3 is 6.09 Å². The average Bonchev–Trinajstić information content (AvgIpc) is 2.95. The molecule has 1 aliphatic rings. The molecule has 0 atom stereocenters. The number of carbonyl (C=O) groups is 1. The van der Waals surface area contributed by atoms with Crippen molar-refractivity contribution in [2.75, 3.05) is 0 Å². The number of hydrogen-bond acceptors (Lipinski definition) is 2. The fourth-order valence-corrected chi connectivity index (χ4v) is 3.49. The van der Waals surface area contributed by atoms with Gasteiger partial charge < -0.3 is 4.74 Å². The first-order valence-electron chi connectivity index (χ1n) is 8.17. The smallest absolute Gasteiger partial charge is 0.419 e. The monoisotopic (exact) mass is 305 g/mol. The van der Waals surface area contributed by atoms with Crippen molar-refractivity contribution in [2.24, 2.45) is 0 Å². The van der Waals surface area contributed by atoms with Gasteiger partial charge in [-0.1, -0.05) is 48.5 Å². The van der Waals surface area contributed by atoms with Crippen LogP contribution in [-0.2, 0) is 24.2 Å². The standard InChI is InChI=1S/C20H19NO2/c22-20(23-14-15-8-2-1-3-9-15)21-18-12-6-4-10-16(18)17-11-5-7-13-19(17)21/h1-4,6,8-10,12H,5,7,11,13-14H2. The van der Waals surface area contributed by atoms with Gasteiger partial charge in [0.25, 0.3) is 0 Å². The SMILES string of the molecule is O=C(OCc1ccccc1)n1c2c(c3ccccc31)CCCC2. The van der Waals surface area contributed by atoms with Crippen LogP contribution in [0.4, 0.5) is 4.79 Å². The van der Waals surface area contributed by atoms with Crippen LogP contribution in [0.3, 0.4) is 0 Å². The second-order valence-corrected chi connectivity index (χ2v) is 6.03. The molecule has 0 spiro atoms.